The van der Waals surface area contributed by atoms with Gasteiger partial charge in [-0.2, -0.15) is 0 Å². The molecule has 2 N–H and O–H groups in total. The normalized spacial score (nSPS) is 32.1. The number of aliphatic hydroxyl groups excluding tert-OH is 1. The summed E-state index contributed by atoms with van der Waals surface area (Å²) in [7, 11) is 0. The molecule has 2 nitrogen and oxygen atoms in total. The number of hydrogen-bond donors (Lipinski definition) is 2. The van der Waals surface area contributed by atoms with Gasteiger partial charge in [-0.25, -0.2) is 0 Å². The van der Waals surface area contributed by atoms with Crippen molar-refractivity contribution in [3.8, 4) is 5.75 Å². The molecule has 0 aromatic heterocycles. The molecule has 2 aromatic rings. The number of aromatic hydroxyl groups is 1. The van der Waals surface area contributed by atoms with E-state index in [1.54, 1.807) is 6.07 Å². The first-order valence-electron chi connectivity index (χ1n) is 7.52. The molecule has 20 heavy (non-hydrogen) atoms. The Morgan fingerprint density at radius 2 is 2.00 bits per heavy atom. The van der Waals surface area contributed by atoms with Gasteiger partial charge in [0, 0.05) is 5.41 Å². The van der Waals surface area contributed by atoms with Crippen molar-refractivity contribution in [3.05, 3.63) is 41.5 Å². The molecule has 4 rings (SSSR count). The molecule has 0 spiro atoms. The average molecular weight is 268 g/mol. The number of aliphatic hydroxyl groups is 1. The smallest absolute Gasteiger partial charge is 0.116 e. The highest BCUT2D eigenvalue weighted by atomic mass is 16.3. The summed E-state index contributed by atoms with van der Waals surface area (Å²) in [5.74, 6) is 0.814. The van der Waals surface area contributed by atoms with Crippen LogP contribution in [0.2, 0.25) is 0 Å². The van der Waals surface area contributed by atoms with Crippen molar-refractivity contribution in [2.24, 2.45) is 5.41 Å². The number of fused-ring (bicyclic) bond motifs is 5. The van der Waals surface area contributed by atoms with E-state index in [4.69, 9.17) is 0 Å². The van der Waals surface area contributed by atoms with Gasteiger partial charge in [-0.15, -0.1) is 0 Å². The Morgan fingerprint density at radius 3 is 2.85 bits per heavy atom. The van der Waals surface area contributed by atoms with Gasteiger partial charge < -0.3 is 10.2 Å². The first-order valence-corrected chi connectivity index (χ1v) is 7.52. The first-order chi connectivity index (χ1) is 9.59. The molecular weight excluding hydrogens is 248 g/mol. The van der Waals surface area contributed by atoms with Gasteiger partial charge in [0.25, 0.3) is 0 Å². The fraction of sp³-hybridized carbons (Fsp3) is 0.444. The summed E-state index contributed by atoms with van der Waals surface area (Å²) < 4.78 is 0. The Kier molecular flexibility index (Phi) is 2.43. The van der Waals surface area contributed by atoms with Crippen LogP contribution < -0.4 is 0 Å². The van der Waals surface area contributed by atoms with Crippen LogP contribution >= 0.6 is 0 Å². The molecule has 2 unspecified atom stereocenters. The summed E-state index contributed by atoms with van der Waals surface area (Å²) in [6.45, 7) is 2.25. The molecule has 104 valence electrons. The van der Waals surface area contributed by atoms with Gasteiger partial charge in [-0.05, 0) is 65.6 Å². The summed E-state index contributed by atoms with van der Waals surface area (Å²) in [5.41, 5.74) is 2.91. The van der Waals surface area contributed by atoms with Crippen molar-refractivity contribution in [1.29, 1.82) is 0 Å². The highest BCUT2D eigenvalue weighted by molar-refractivity contribution is 5.88. The van der Waals surface area contributed by atoms with Crippen molar-refractivity contribution in [1.82, 2.24) is 0 Å². The van der Waals surface area contributed by atoms with Gasteiger partial charge >= 0.3 is 0 Å². The number of rotatable bonds is 0. The molecule has 2 aliphatic carbocycles. The van der Waals surface area contributed by atoms with Crippen LogP contribution in [0.15, 0.2) is 30.3 Å². The molecule has 2 heteroatoms. The monoisotopic (exact) mass is 268 g/mol. The van der Waals surface area contributed by atoms with Crippen molar-refractivity contribution in [2.45, 2.75) is 44.6 Å². The lowest BCUT2D eigenvalue weighted by Crippen LogP contribution is -2.35. The maximum Gasteiger partial charge on any atom is 0.116 e. The van der Waals surface area contributed by atoms with Crippen LogP contribution in [-0.2, 0) is 6.42 Å². The Labute approximate surface area is 119 Å². The molecule has 0 aliphatic heterocycles. The van der Waals surface area contributed by atoms with E-state index in [9.17, 15) is 10.2 Å². The molecule has 3 atom stereocenters. The van der Waals surface area contributed by atoms with Crippen molar-refractivity contribution >= 4 is 10.8 Å². The summed E-state index contributed by atoms with van der Waals surface area (Å²) in [6, 6.07) is 9.99. The third-order valence-electron chi connectivity index (χ3n) is 5.73. The quantitative estimate of drug-likeness (QED) is 0.764. The second-order valence-corrected chi connectivity index (χ2v) is 6.69. The number of hydrogen-bond acceptors (Lipinski definition) is 2. The minimum atomic E-state index is -0.156. The molecule has 0 saturated heterocycles. The van der Waals surface area contributed by atoms with Crippen LogP contribution in [-0.4, -0.2) is 16.3 Å². The van der Waals surface area contributed by atoms with Crippen molar-refractivity contribution < 1.29 is 10.2 Å². The first kappa shape index (κ1) is 12.2. The van der Waals surface area contributed by atoms with E-state index in [0.717, 1.165) is 31.1 Å². The van der Waals surface area contributed by atoms with Crippen molar-refractivity contribution in [3.63, 3.8) is 0 Å². The second-order valence-electron chi connectivity index (χ2n) is 6.69. The Bertz CT molecular complexity index is 691. The lowest BCUT2D eigenvalue weighted by Gasteiger charge is -2.40. The largest absolute Gasteiger partial charge is 0.508 e. The van der Waals surface area contributed by atoms with Gasteiger partial charge in [-0.1, -0.05) is 25.1 Å². The lowest BCUT2D eigenvalue weighted by molar-refractivity contribution is 0.0459. The van der Waals surface area contributed by atoms with Crippen LogP contribution in [0.1, 0.15) is 43.2 Å². The zero-order valence-corrected chi connectivity index (χ0v) is 11.8. The molecule has 1 fully saturated rings. The predicted molar refractivity (Wildman–Crippen MR) is 80.0 cm³/mol. The van der Waals surface area contributed by atoms with E-state index >= 15 is 0 Å². The van der Waals surface area contributed by atoms with Gasteiger partial charge in [0.05, 0.1) is 6.10 Å². The number of aryl methyl sites for hydroxylation is 1. The zero-order chi connectivity index (χ0) is 13.9. The molecule has 0 heterocycles. The standard InChI is InChI=1S/C18H20O2/c1-18-9-8-14-13-5-3-12(19)10-11(13)2-4-15(14)16(18)6-7-17(18)20/h2-5,10,16-17,19-20H,6-9H2,1H3/t16?,17-,18?/m0/s1. The maximum atomic E-state index is 10.3. The number of phenols is 1. The third kappa shape index (κ3) is 1.49. The third-order valence-corrected chi connectivity index (χ3v) is 5.73. The molecular formula is C18H20O2. The molecule has 2 aromatic carbocycles. The summed E-state index contributed by atoms with van der Waals surface area (Å²) in [5, 5.41) is 22.3. The van der Waals surface area contributed by atoms with E-state index in [2.05, 4.69) is 19.1 Å². The molecule has 0 radical (unpaired) electrons. The van der Waals surface area contributed by atoms with Gasteiger partial charge in [-0.3, -0.25) is 0 Å². The number of phenolic OH excluding ortho intramolecular Hbond substituents is 1. The number of benzene rings is 2. The van der Waals surface area contributed by atoms with E-state index in [1.165, 1.54) is 16.5 Å². The van der Waals surface area contributed by atoms with Crippen LogP contribution in [0, 0.1) is 5.41 Å². The van der Waals surface area contributed by atoms with Crippen LogP contribution in [0.4, 0.5) is 0 Å². The van der Waals surface area contributed by atoms with Gasteiger partial charge in [0.1, 0.15) is 5.75 Å². The lowest BCUT2D eigenvalue weighted by atomic mass is 9.65. The fourth-order valence-electron chi connectivity index (χ4n) is 4.47. The topological polar surface area (TPSA) is 40.5 Å². The molecule has 1 saturated carbocycles. The molecule has 0 amide bonds. The zero-order valence-electron chi connectivity index (χ0n) is 11.8. The van der Waals surface area contributed by atoms with E-state index in [-0.39, 0.29) is 11.5 Å². The maximum absolute atomic E-state index is 10.3. The highest BCUT2D eigenvalue weighted by Gasteiger charge is 2.48. The predicted octanol–water partition coefficient (Wildman–Crippen LogP) is 3.74. The van der Waals surface area contributed by atoms with E-state index in [0.29, 0.717) is 11.7 Å². The Hall–Kier alpha value is -1.54. The highest BCUT2D eigenvalue weighted by Crippen LogP contribution is 2.56. The summed E-state index contributed by atoms with van der Waals surface area (Å²) >= 11 is 0. The van der Waals surface area contributed by atoms with Crippen LogP contribution in [0.5, 0.6) is 5.75 Å². The van der Waals surface area contributed by atoms with E-state index in [1.807, 2.05) is 12.1 Å². The van der Waals surface area contributed by atoms with Gasteiger partial charge in [0.15, 0.2) is 0 Å². The second kappa shape index (κ2) is 3.98. The Balaban J connectivity index is 1.93. The van der Waals surface area contributed by atoms with Crippen LogP contribution in [0.3, 0.4) is 0 Å². The minimum Gasteiger partial charge on any atom is -0.508 e. The van der Waals surface area contributed by atoms with E-state index < -0.39 is 0 Å². The minimum absolute atomic E-state index is 0.0532. The molecule has 0 bridgehead atoms. The van der Waals surface area contributed by atoms with Gasteiger partial charge in [0.2, 0.25) is 0 Å². The SMILES string of the molecule is CC12CCc3c(ccc4cc(O)ccc34)C1CC[C@@H]2O. The fourth-order valence-corrected chi connectivity index (χ4v) is 4.47. The summed E-state index contributed by atoms with van der Waals surface area (Å²) in [4.78, 5) is 0. The van der Waals surface area contributed by atoms with Crippen molar-refractivity contribution in [2.75, 3.05) is 0 Å². The summed E-state index contributed by atoms with van der Waals surface area (Å²) in [6.07, 6.45) is 3.95. The average Bonchev–Trinajstić information content (AvgIpc) is 2.74. The molecule has 2 aliphatic rings. The Morgan fingerprint density at radius 1 is 1.15 bits per heavy atom. The van der Waals surface area contributed by atoms with Crippen LogP contribution in [0.25, 0.3) is 10.8 Å².